The SMILES string of the molecule is Cn1nc(-c2ncc[nH]2)c2cccnc21. The maximum Gasteiger partial charge on any atom is 0.158 e. The smallest absolute Gasteiger partial charge is 0.158 e. The fraction of sp³-hybridized carbons (Fsp3) is 0.100. The second-order valence-corrected chi connectivity index (χ2v) is 3.28. The molecule has 0 saturated heterocycles. The molecule has 0 aromatic carbocycles. The molecule has 5 heteroatoms. The Kier molecular flexibility index (Phi) is 1.58. The van der Waals surface area contributed by atoms with Gasteiger partial charge in [0.1, 0.15) is 5.69 Å². The predicted molar refractivity (Wildman–Crippen MR) is 56.1 cm³/mol. The number of aromatic amines is 1. The Bertz CT molecular complexity index is 593. The number of rotatable bonds is 1. The number of aromatic nitrogens is 5. The number of fused-ring (bicyclic) bond motifs is 1. The first-order valence-corrected chi connectivity index (χ1v) is 4.64. The molecule has 3 aromatic heterocycles. The molecule has 3 heterocycles. The van der Waals surface area contributed by atoms with Crippen molar-refractivity contribution in [2.24, 2.45) is 7.05 Å². The van der Waals surface area contributed by atoms with Gasteiger partial charge in [-0.1, -0.05) is 0 Å². The molecule has 0 aliphatic rings. The molecule has 0 spiro atoms. The topological polar surface area (TPSA) is 59.4 Å². The Labute approximate surface area is 85.8 Å². The summed E-state index contributed by atoms with van der Waals surface area (Å²) in [5, 5.41) is 5.40. The molecule has 0 aliphatic heterocycles. The van der Waals surface area contributed by atoms with Gasteiger partial charge in [0.25, 0.3) is 0 Å². The molecular formula is C10H9N5. The van der Waals surface area contributed by atoms with E-state index in [-0.39, 0.29) is 0 Å². The Morgan fingerprint density at radius 1 is 1.27 bits per heavy atom. The highest BCUT2D eigenvalue weighted by Crippen LogP contribution is 2.22. The maximum atomic E-state index is 4.39. The zero-order chi connectivity index (χ0) is 10.3. The van der Waals surface area contributed by atoms with Gasteiger partial charge in [-0.2, -0.15) is 5.10 Å². The monoisotopic (exact) mass is 199 g/mol. The molecule has 5 nitrogen and oxygen atoms in total. The molecule has 1 N–H and O–H groups in total. The van der Waals surface area contributed by atoms with Gasteiger partial charge in [0.05, 0.1) is 5.39 Å². The first-order valence-electron chi connectivity index (χ1n) is 4.64. The standard InChI is InChI=1S/C10H9N5/c1-15-10-7(3-2-4-13-10)8(14-15)9-11-5-6-12-9/h2-6H,1H3,(H,11,12). The van der Waals surface area contributed by atoms with Gasteiger partial charge in [-0.3, -0.25) is 0 Å². The van der Waals surface area contributed by atoms with E-state index in [1.807, 2.05) is 19.2 Å². The highest BCUT2D eigenvalue weighted by Gasteiger charge is 2.11. The largest absolute Gasteiger partial charge is 0.343 e. The molecule has 3 rings (SSSR count). The summed E-state index contributed by atoms with van der Waals surface area (Å²) in [6.07, 6.45) is 5.26. The summed E-state index contributed by atoms with van der Waals surface area (Å²) in [7, 11) is 1.88. The van der Waals surface area contributed by atoms with Crippen molar-refractivity contribution < 1.29 is 0 Å². The Morgan fingerprint density at radius 3 is 3.00 bits per heavy atom. The first-order chi connectivity index (χ1) is 7.36. The van der Waals surface area contributed by atoms with Crippen molar-refractivity contribution in [3.63, 3.8) is 0 Å². The van der Waals surface area contributed by atoms with Crippen LogP contribution in [-0.4, -0.2) is 24.7 Å². The Hall–Kier alpha value is -2.17. The van der Waals surface area contributed by atoms with Gasteiger partial charge in [0, 0.05) is 25.6 Å². The van der Waals surface area contributed by atoms with Gasteiger partial charge in [-0.15, -0.1) is 0 Å². The molecule has 0 atom stereocenters. The quantitative estimate of drug-likeness (QED) is 0.643. The second kappa shape index (κ2) is 2.91. The van der Waals surface area contributed by atoms with Crippen LogP contribution in [0.1, 0.15) is 0 Å². The molecule has 74 valence electrons. The molecule has 0 fully saturated rings. The van der Waals surface area contributed by atoms with E-state index in [1.54, 1.807) is 23.3 Å². The summed E-state index contributed by atoms with van der Waals surface area (Å²) >= 11 is 0. The third-order valence-corrected chi connectivity index (χ3v) is 2.32. The lowest BCUT2D eigenvalue weighted by Gasteiger charge is -1.90. The van der Waals surface area contributed by atoms with Crippen LogP contribution in [0.25, 0.3) is 22.6 Å². The molecule has 3 aromatic rings. The van der Waals surface area contributed by atoms with E-state index in [9.17, 15) is 0 Å². The number of aryl methyl sites for hydroxylation is 1. The number of imidazole rings is 1. The summed E-state index contributed by atoms with van der Waals surface area (Å²) in [5.41, 5.74) is 1.70. The van der Waals surface area contributed by atoms with Gasteiger partial charge in [0.2, 0.25) is 0 Å². The van der Waals surface area contributed by atoms with Crippen LogP contribution in [-0.2, 0) is 7.05 Å². The van der Waals surface area contributed by atoms with Crippen molar-refractivity contribution in [1.29, 1.82) is 0 Å². The van der Waals surface area contributed by atoms with Gasteiger partial charge >= 0.3 is 0 Å². The van der Waals surface area contributed by atoms with Crippen LogP contribution in [0, 0.1) is 0 Å². The van der Waals surface area contributed by atoms with Crippen molar-refractivity contribution in [3.05, 3.63) is 30.7 Å². The van der Waals surface area contributed by atoms with E-state index in [0.717, 1.165) is 22.6 Å². The van der Waals surface area contributed by atoms with E-state index in [2.05, 4.69) is 20.1 Å². The molecule has 0 aliphatic carbocycles. The summed E-state index contributed by atoms with van der Waals surface area (Å²) in [6, 6.07) is 3.89. The maximum absolute atomic E-state index is 4.39. The number of hydrogen-bond acceptors (Lipinski definition) is 3. The van der Waals surface area contributed by atoms with Crippen LogP contribution in [0.3, 0.4) is 0 Å². The van der Waals surface area contributed by atoms with Gasteiger partial charge < -0.3 is 4.98 Å². The third kappa shape index (κ3) is 1.13. The normalized spacial score (nSPS) is 11.0. The number of nitrogens with zero attached hydrogens (tertiary/aromatic N) is 4. The first kappa shape index (κ1) is 8.16. The van der Waals surface area contributed by atoms with Gasteiger partial charge in [-0.25, -0.2) is 14.6 Å². The number of hydrogen-bond donors (Lipinski definition) is 1. The van der Waals surface area contributed by atoms with E-state index in [0.29, 0.717) is 0 Å². The fourth-order valence-electron chi connectivity index (χ4n) is 1.66. The minimum atomic E-state index is 0.772. The highest BCUT2D eigenvalue weighted by molar-refractivity contribution is 5.88. The number of pyridine rings is 1. The lowest BCUT2D eigenvalue weighted by Crippen LogP contribution is -1.91. The molecule has 0 saturated carbocycles. The third-order valence-electron chi connectivity index (χ3n) is 2.32. The van der Waals surface area contributed by atoms with E-state index < -0.39 is 0 Å². The zero-order valence-corrected chi connectivity index (χ0v) is 8.18. The highest BCUT2D eigenvalue weighted by atomic mass is 15.3. The van der Waals surface area contributed by atoms with E-state index >= 15 is 0 Å². The van der Waals surface area contributed by atoms with Crippen LogP contribution in [0.5, 0.6) is 0 Å². The minimum Gasteiger partial charge on any atom is -0.343 e. The summed E-state index contributed by atoms with van der Waals surface area (Å²) in [4.78, 5) is 11.5. The van der Waals surface area contributed by atoms with Crippen molar-refractivity contribution >= 4 is 11.0 Å². The fourth-order valence-corrected chi connectivity index (χ4v) is 1.66. The average Bonchev–Trinajstić information content (AvgIpc) is 2.87. The lowest BCUT2D eigenvalue weighted by molar-refractivity contribution is 0.788. The number of nitrogens with one attached hydrogen (secondary N) is 1. The van der Waals surface area contributed by atoms with Crippen molar-refractivity contribution in [2.45, 2.75) is 0 Å². The van der Waals surface area contributed by atoms with Crippen LogP contribution in [0.2, 0.25) is 0 Å². The molecule has 0 bridgehead atoms. The van der Waals surface area contributed by atoms with Gasteiger partial charge in [-0.05, 0) is 12.1 Å². The second-order valence-electron chi connectivity index (χ2n) is 3.28. The molecular weight excluding hydrogens is 190 g/mol. The van der Waals surface area contributed by atoms with Crippen molar-refractivity contribution in [2.75, 3.05) is 0 Å². The Morgan fingerprint density at radius 2 is 2.20 bits per heavy atom. The molecule has 0 radical (unpaired) electrons. The van der Waals surface area contributed by atoms with Crippen LogP contribution >= 0.6 is 0 Å². The summed E-state index contributed by atoms with van der Waals surface area (Å²) in [5.74, 6) is 0.772. The van der Waals surface area contributed by atoms with E-state index in [4.69, 9.17) is 0 Å². The zero-order valence-electron chi connectivity index (χ0n) is 8.18. The minimum absolute atomic E-state index is 0.772. The average molecular weight is 199 g/mol. The molecule has 0 unspecified atom stereocenters. The molecule has 15 heavy (non-hydrogen) atoms. The lowest BCUT2D eigenvalue weighted by atomic mass is 10.2. The predicted octanol–water partition coefficient (Wildman–Crippen LogP) is 1.36. The van der Waals surface area contributed by atoms with Crippen molar-refractivity contribution in [3.8, 4) is 11.5 Å². The molecule has 0 amide bonds. The Balaban J connectivity index is 2.37. The van der Waals surface area contributed by atoms with Crippen LogP contribution in [0.15, 0.2) is 30.7 Å². The summed E-state index contributed by atoms with van der Waals surface area (Å²) in [6.45, 7) is 0. The number of H-pyrrole nitrogens is 1. The summed E-state index contributed by atoms with van der Waals surface area (Å²) < 4.78 is 1.76. The van der Waals surface area contributed by atoms with Crippen LogP contribution < -0.4 is 0 Å². The van der Waals surface area contributed by atoms with E-state index in [1.165, 1.54) is 0 Å². The van der Waals surface area contributed by atoms with Crippen LogP contribution in [0.4, 0.5) is 0 Å². The van der Waals surface area contributed by atoms with Gasteiger partial charge in [0.15, 0.2) is 11.5 Å². The van der Waals surface area contributed by atoms with Crippen molar-refractivity contribution in [1.82, 2.24) is 24.7 Å².